The quantitative estimate of drug-likeness (QED) is 0.191. The number of hydrogen-bond donors (Lipinski definition) is 2. The van der Waals surface area contributed by atoms with E-state index >= 15 is 0 Å². The number of amides is 2. The number of urea groups is 1. The summed E-state index contributed by atoms with van der Waals surface area (Å²) >= 11 is 0. The Balaban J connectivity index is 1.79. The highest BCUT2D eigenvalue weighted by Gasteiger charge is 2.34. The normalized spacial score (nSPS) is 11.4. The first-order valence-electron chi connectivity index (χ1n) is 11.8. The summed E-state index contributed by atoms with van der Waals surface area (Å²) in [5.41, 5.74) is 12.6. The summed E-state index contributed by atoms with van der Waals surface area (Å²) in [6.07, 6.45) is -3.50. The van der Waals surface area contributed by atoms with Crippen LogP contribution >= 0.6 is 0 Å². The van der Waals surface area contributed by atoms with E-state index in [1.165, 1.54) is 17.0 Å². The predicted octanol–water partition coefficient (Wildman–Crippen LogP) is 6.95. The molecule has 2 amide bonds. The van der Waals surface area contributed by atoms with E-state index in [0.717, 1.165) is 12.3 Å². The van der Waals surface area contributed by atoms with Gasteiger partial charge >= 0.3 is 12.2 Å². The van der Waals surface area contributed by atoms with Gasteiger partial charge in [-0.15, -0.1) is 0 Å². The molecule has 0 spiro atoms. The van der Waals surface area contributed by atoms with Crippen LogP contribution in [0.2, 0.25) is 0 Å². The van der Waals surface area contributed by atoms with Gasteiger partial charge in [-0.2, -0.15) is 13.2 Å². The van der Waals surface area contributed by atoms with E-state index < -0.39 is 23.6 Å². The van der Waals surface area contributed by atoms with Gasteiger partial charge in [-0.3, -0.25) is 14.7 Å². The lowest BCUT2D eigenvalue weighted by Gasteiger charge is -2.23. The number of carbonyl (C=O) groups is 2. The Morgan fingerprint density at radius 2 is 1.51 bits per heavy atom. The van der Waals surface area contributed by atoms with Crippen LogP contribution in [-0.4, -0.2) is 16.8 Å². The molecule has 39 heavy (non-hydrogen) atoms. The Morgan fingerprint density at radius 1 is 0.821 bits per heavy atom. The Hall–Kier alpha value is -5.18. The van der Waals surface area contributed by atoms with E-state index in [0.29, 0.717) is 28.2 Å². The number of para-hydroxylation sites is 3. The molecule has 0 aliphatic carbocycles. The fourth-order valence-corrected chi connectivity index (χ4v) is 4.56. The third-order valence-electron chi connectivity index (χ3n) is 6.27. The Morgan fingerprint density at radius 3 is 2.21 bits per heavy atom. The van der Waals surface area contributed by atoms with Crippen LogP contribution in [0.25, 0.3) is 22.0 Å². The maximum atomic E-state index is 13.9. The number of nitrogen functional groups attached to an aromatic ring is 1. The highest BCUT2D eigenvalue weighted by molar-refractivity contribution is 6.17. The summed E-state index contributed by atoms with van der Waals surface area (Å²) in [6.45, 7) is 0. The largest absolute Gasteiger partial charge is 0.418 e. The van der Waals surface area contributed by atoms with E-state index in [1.807, 2.05) is 0 Å². The van der Waals surface area contributed by atoms with Crippen molar-refractivity contribution in [2.45, 2.75) is 6.18 Å². The summed E-state index contributed by atoms with van der Waals surface area (Å²) < 4.78 is 41.7. The second-order valence-electron chi connectivity index (χ2n) is 8.72. The summed E-state index contributed by atoms with van der Waals surface area (Å²) in [6, 6.07) is 24.4. The van der Waals surface area contributed by atoms with Crippen LogP contribution in [0, 0.1) is 0 Å². The number of nitrogens with two attached hydrogens (primary N) is 2. The number of ketones is 1. The summed E-state index contributed by atoms with van der Waals surface area (Å²) in [4.78, 5) is 31.4. The molecule has 1 aromatic heterocycles. The van der Waals surface area contributed by atoms with Crippen LogP contribution in [0.3, 0.4) is 0 Å². The van der Waals surface area contributed by atoms with Gasteiger partial charge in [0.25, 0.3) is 0 Å². The number of primary amides is 1. The third kappa shape index (κ3) is 4.77. The zero-order valence-corrected chi connectivity index (χ0v) is 20.3. The number of benzene rings is 4. The number of hydrogen-bond acceptors (Lipinski definition) is 4. The maximum Gasteiger partial charge on any atom is 0.418 e. The van der Waals surface area contributed by atoms with Crippen molar-refractivity contribution in [2.75, 3.05) is 10.6 Å². The number of halogens is 3. The fourth-order valence-electron chi connectivity index (χ4n) is 4.56. The number of anilines is 3. The van der Waals surface area contributed by atoms with E-state index in [-0.39, 0.29) is 22.0 Å². The molecule has 0 saturated heterocycles. The van der Waals surface area contributed by atoms with Gasteiger partial charge in [0.2, 0.25) is 0 Å². The number of alkyl halides is 3. The molecule has 0 unspecified atom stereocenters. The molecule has 9 heteroatoms. The van der Waals surface area contributed by atoms with E-state index in [2.05, 4.69) is 4.98 Å². The van der Waals surface area contributed by atoms with Crippen LogP contribution in [0.15, 0.2) is 103 Å². The first-order chi connectivity index (χ1) is 18.7. The van der Waals surface area contributed by atoms with Crippen LogP contribution in [0.4, 0.5) is 35.0 Å². The molecule has 1 heterocycles. The van der Waals surface area contributed by atoms with Crippen molar-refractivity contribution in [1.29, 1.82) is 0 Å². The molecule has 6 nitrogen and oxygen atoms in total. The van der Waals surface area contributed by atoms with Crippen molar-refractivity contribution in [3.8, 4) is 11.1 Å². The predicted molar refractivity (Wildman–Crippen MR) is 145 cm³/mol. The lowest BCUT2D eigenvalue weighted by Crippen LogP contribution is -2.32. The van der Waals surface area contributed by atoms with Gasteiger partial charge in [0, 0.05) is 28.3 Å². The molecule has 0 aliphatic rings. The summed E-state index contributed by atoms with van der Waals surface area (Å²) in [7, 11) is 0. The van der Waals surface area contributed by atoms with Gasteiger partial charge in [-0.25, -0.2) is 4.79 Å². The molecule has 5 rings (SSSR count). The zero-order valence-electron chi connectivity index (χ0n) is 20.3. The first-order valence-corrected chi connectivity index (χ1v) is 11.8. The molecular formula is C30H21F3N4O2. The molecule has 4 N–H and O–H groups in total. The Bertz CT molecular complexity index is 1720. The van der Waals surface area contributed by atoms with Crippen LogP contribution in [-0.2, 0) is 6.18 Å². The maximum absolute atomic E-state index is 13.9. The molecule has 0 atom stereocenters. The molecule has 0 fully saturated rings. The summed E-state index contributed by atoms with van der Waals surface area (Å²) in [5.74, 6) is -0.415. The van der Waals surface area contributed by atoms with Gasteiger partial charge in [0.05, 0.1) is 28.1 Å². The highest BCUT2D eigenvalue weighted by atomic mass is 19.4. The zero-order chi connectivity index (χ0) is 27.7. The first kappa shape index (κ1) is 25.5. The van der Waals surface area contributed by atoms with Crippen LogP contribution in [0.5, 0.6) is 0 Å². The van der Waals surface area contributed by atoms with Crippen molar-refractivity contribution in [2.24, 2.45) is 5.73 Å². The number of pyridine rings is 1. The molecule has 0 radical (unpaired) electrons. The van der Waals surface area contributed by atoms with Crippen molar-refractivity contribution in [3.63, 3.8) is 0 Å². The number of rotatable bonds is 5. The smallest absolute Gasteiger partial charge is 0.397 e. The van der Waals surface area contributed by atoms with E-state index in [1.54, 1.807) is 78.9 Å². The minimum atomic E-state index is -4.66. The lowest BCUT2D eigenvalue weighted by atomic mass is 9.91. The Labute approximate surface area is 221 Å². The second-order valence-corrected chi connectivity index (χ2v) is 8.72. The average molecular weight is 527 g/mol. The SMILES string of the molecule is NC(=O)N(c1cccc(-c2c(C(=O)c3ccccc3)cnc3c(C(F)(F)F)cccc23)c1)c1ccccc1N. The topological polar surface area (TPSA) is 102 Å². The van der Waals surface area contributed by atoms with Gasteiger partial charge in [-0.05, 0) is 35.9 Å². The lowest BCUT2D eigenvalue weighted by molar-refractivity contribution is -0.136. The van der Waals surface area contributed by atoms with Crippen molar-refractivity contribution < 1.29 is 22.8 Å². The second kappa shape index (κ2) is 9.94. The molecule has 194 valence electrons. The minimum absolute atomic E-state index is 0.107. The molecule has 0 bridgehead atoms. The minimum Gasteiger partial charge on any atom is -0.397 e. The summed E-state index contributed by atoms with van der Waals surface area (Å²) in [5, 5.41) is 0.133. The molecule has 5 aromatic rings. The van der Waals surface area contributed by atoms with Crippen molar-refractivity contribution in [3.05, 3.63) is 120 Å². The van der Waals surface area contributed by atoms with Crippen molar-refractivity contribution >= 4 is 39.8 Å². The number of nitrogens with zero attached hydrogens (tertiary/aromatic N) is 2. The van der Waals surface area contributed by atoms with Gasteiger partial charge < -0.3 is 11.5 Å². The molecule has 4 aromatic carbocycles. The van der Waals surface area contributed by atoms with Crippen LogP contribution < -0.4 is 16.4 Å². The van der Waals surface area contributed by atoms with Crippen molar-refractivity contribution in [1.82, 2.24) is 4.98 Å². The standard InChI is InChI=1S/C30H21F3N4O2/c31-30(32,33)23-13-7-12-21-26(22(17-36-27(21)23)28(38)18-8-2-1-3-9-18)19-10-6-11-20(16-19)37(29(35)39)25-15-5-4-14-24(25)34/h1-17H,34H2,(H2,35,39). The van der Waals surface area contributed by atoms with Crippen LogP contribution in [0.1, 0.15) is 21.5 Å². The van der Waals surface area contributed by atoms with Gasteiger partial charge in [-0.1, -0.05) is 66.7 Å². The van der Waals surface area contributed by atoms with E-state index in [4.69, 9.17) is 11.5 Å². The number of fused-ring (bicyclic) bond motifs is 1. The van der Waals surface area contributed by atoms with Gasteiger partial charge in [0.15, 0.2) is 5.78 Å². The molecular weight excluding hydrogens is 505 g/mol. The van der Waals surface area contributed by atoms with E-state index in [9.17, 15) is 22.8 Å². The Kier molecular flexibility index (Phi) is 6.49. The molecule has 0 aliphatic heterocycles. The third-order valence-corrected chi connectivity index (χ3v) is 6.27. The highest BCUT2D eigenvalue weighted by Crippen LogP contribution is 2.40. The van der Waals surface area contributed by atoms with Gasteiger partial charge in [0.1, 0.15) is 0 Å². The number of carbonyl (C=O) groups excluding carboxylic acids is 2. The number of aromatic nitrogens is 1. The monoisotopic (exact) mass is 526 g/mol. The average Bonchev–Trinajstić information content (AvgIpc) is 2.93. The molecule has 0 saturated carbocycles. The fraction of sp³-hybridized carbons (Fsp3) is 0.0333.